The molecule has 1 aromatic heterocycles. The number of ether oxygens (including phenoxy) is 2. The molecule has 1 aliphatic rings. The largest absolute Gasteiger partial charge is 0.494 e. The number of aryl methyl sites for hydroxylation is 1. The molecule has 4 aromatic rings. The predicted octanol–water partition coefficient (Wildman–Crippen LogP) is 5.73. The molecule has 2 amide bonds. The van der Waals surface area contributed by atoms with Crippen LogP contribution in [0, 0.1) is 0 Å². The minimum atomic E-state index is -0.663. The lowest BCUT2D eigenvalue weighted by atomic mass is 10.1. The molecule has 1 saturated heterocycles. The third-order valence-corrected chi connectivity index (χ3v) is 5.86. The summed E-state index contributed by atoms with van der Waals surface area (Å²) in [7, 11) is 0. The number of nitrogens with zero attached hydrogens (tertiary/aromatic N) is 2. The van der Waals surface area contributed by atoms with E-state index in [-0.39, 0.29) is 12.3 Å². The normalized spacial score (nSPS) is 15.1. The van der Waals surface area contributed by atoms with Crippen molar-refractivity contribution in [1.29, 1.82) is 0 Å². The molecule has 5 rings (SSSR count). The Morgan fingerprint density at radius 1 is 0.909 bits per heavy atom. The fourth-order valence-corrected chi connectivity index (χ4v) is 4.33. The Bertz CT molecular complexity index is 1400. The van der Waals surface area contributed by atoms with Crippen molar-refractivity contribution in [3.05, 3.63) is 83.6 Å². The number of hydrogen-bond acceptors (Lipinski definition) is 4. The Balaban J connectivity index is 1.43. The molecule has 0 aliphatic carbocycles. The van der Waals surface area contributed by atoms with Crippen molar-refractivity contribution in [2.24, 2.45) is 0 Å². The number of hydrogen-bond donors (Lipinski definition) is 0. The van der Waals surface area contributed by atoms with Crippen LogP contribution in [0.25, 0.3) is 27.9 Å². The number of imide groups is 1. The second kappa shape index (κ2) is 8.47. The minimum absolute atomic E-state index is 0.0320. The standard InChI is InChI=1S/C27H24N2O4/c1-3-28-23-8-6-5-7-21(23)22-15-19(11-14-24(22)28)16-25-26(30)29(27(31)33-25)17-18-9-12-20(13-10-18)32-4-2/h5-16H,3-4,17H2,1-2H3. The Kier molecular flexibility index (Phi) is 5.34. The fourth-order valence-electron chi connectivity index (χ4n) is 4.33. The topological polar surface area (TPSA) is 60.8 Å². The number of cyclic esters (lactones) is 1. The van der Waals surface area contributed by atoms with Crippen molar-refractivity contribution in [2.45, 2.75) is 26.9 Å². The first-order valence-electron chi connectivity index (χ1n) is 11.1. The number of fused-ring (bicyclic) bond motifs is 3. The van der Waals surface area contributed by atoms with Crippen molar-refractivity contribution in [3.63, 3.8) is 0 Å². The lowest BCUT2D eigenvalue weighted by molar-refractivity contribution is -0.123. The van der Waals surface area contributed by atoms with E-state index in [2.05, 4.69) is 23.6 Å². The van der Waals surface area contributed by atoms with Crippen LogP contribution < -0.4 is 4.74 Å². The number of carbonyl (C=O) groups excluding carboxylic acids is 2. The molecule has 0 N–H and O–H groups in total. The SMILES string of the molecule is CCOc1ccc(CN2C(=O)OC(=Cc3ccc4c(c3)c3ccccc3n4CC)C2=O)cc1. The minimum Gasteiger partial charge on any atom is -0.494 e. The maximum absolute atomic E-state index is 12.9. The average molecular weight is 440 g/mol. The third-order valence-electron chi connectivity index (χ3n) is 5.86. The first-order chi connectivity index (χ1) is 16.1. The van der Waals surface area contributed by atoms with Crippen LogP contribution in [0.4, 0.5) is 4.79 Å². The maximum Gasteiger partial charge on any atom is 0.422 e. The summed E-state index contributed by atoms with van der Waals surface area (Å²) >= 11 is 0. The van der Waals surface area contributed by atoms with E-state index in [0.29, 0.717) is 6.61 Å². The van der Waals surface area contributed by atoms with Gasteiger partial charge in [0.2, 0.25) is 0 Å². The summed E-state index contributed by atoms with van der Waals surface area (Å²) in [6.07, 6.45) is 0.972. The van der Waals surface area contributed by atoms with Gasteiger partial charge in [-0.1, -0.05) is 36.4 Å². The lowest BCUT2D eigenvalue weighted by Gasteiger charge is -2.11. The van der Waals surface area contributed by atoms with E-state index in [1.165, 1.54) is 5.52 Å². The summed E-state index contributed by atoms with van der Waals surface area (Å²) in [5.41, 5.74) is 3.93. The zero-order chi connectivity index (χ0) is 22.9. The van der Waals surface area contributed by atoms with E-state index in [9.17, 15) is 9.59 Å². The number of amides is 2. The van der Waals surface area contributed by atoms with E-state index in [4.69, 9.17) is 9.47 Å². The lowest BCUT2D eigenvalue weighted by Crippen LogP contribution is -2.28. The summed E-state index contributed by atoms with van der Waals surface area (Å²) in [5.74, 6) is 0.339. The van der Waals surface area contributed by atoms with Gasteiger partial charge in [-0.25, -0.2) is 9.69 Å². The van der Waals surface area contributed by atoms with Crippen LogP contribution in [0.15, 0.2) is 72.5 Å². The first kappa shape index (κ1) is 20.8. The smallest absolute Gasteiger partial charge is 0.422 e. The van der Waals surface area contributed by atoms with Gasteiger partial charge in [-0.3, -0.25) is 4.79 Å². The highest BCUT2D eigenvalue weighted by Gasteiger charge is 2.36. The molecule has 1 fully saturated rings. The van der Waals surface area contributed by atoms with E-state index in [1.54, 1.807) is 6.08 Å². The van der Waals surface area contributed by atoms with Crippen LogP contribution in [0.3, 0.4) is 0 Å². The van der Waals surface area contributed by atoms with Gasteiger partial charge in [0.15, 0.2) is 5.76 Å². The van der Waals surface area contributed by atoms with E-state index < -0.39 is 12.0 Å². The van der Waals surface area contributed by atoms with Gasteiger partial charge in [0, 0.05) is 28.4 Å². The quantitative estimate of drug-likeness (QED) is 0.359. The molecule has 33 heavy (non-hydrogen) atoms. The van der Waals surface area contributed by atoms with Gasteiger partial charge in [0.25, 0.3) is 5.91 Å². The van der Waals surface area contributed by atoms with Gasteiger partial charge in [0.05, 0.1) is 13.2 Å². The molecule has 6 heteroatoms. The highest BCUT2D eigenvalue weighted by molar-refractivity contribution is 6.11. The zero-order valence-electron chi connectivity index (χ0n) is 18.6. The van der Waals surface area contributed by atoms with Crippen LogP contribution in [0.2, 0.25) is 0 Å². The Hall–Kier alpha value is -4.06. The van der Waals surface area contributed by atoms with Crippen molar-refractivity contribution in [1.82, 2.24) is 9.47 Å². The van der Waals surface area contributed by atoms with Crippen molar-refractivity contribution in [2.75, 3.05) is 6.61 Å². The summed E-state index contributed by atoms with van der Waals surface area (Å²) in [6.45, 7) is 5.62. The number of benzene rings is 3. The van der Waals surface area contributed by atoms with Crippen LogP contribution in [0.1, 0.15) is 25.0 Å². The first-order valence-corrected chi connectivity index (χ1v) is 11.1. The summed E-state index contributed by atoms with van der Waals surface area (Å²) in [6, 6.07) is 21.6. The molecular weight excluding hydrogens is 416 g/mol. The average Bonchev–Trinajstić information content (AvgIpc) is 3.29. The fraction of sp³-hybridized carbons (Fsp3) is 0.185. The number of rotatable bonds is 6. The maximum atomic E-state index is 12.9. The Morgan fingerprint density at radius 2 is 1.67 bits per heavy atom. The summed E-state index contributed by atoms with van der Waals surface area (Å²) < 4.78 is 13.0. The Morgan fingerprint density at radius 3 is 2.42 bits per heavy atom. The van der Waals surface area contributed by atoms with E-state index in [0.717, 1.165) is 44.6 Å². The highest BCUT2D eigenvalue weighted by Crippen LogP contribution is 2.31. The molecule has 166 valence electrons. The molecule has 0 radical (unpaired) electrons. The number of carbonyl (C=O) groups is 2. The van der Waals surface area contributed by atoms with Gasteiger partial charge in [-0.2, -0.15) is 0 Å². The van der Waals surface area contributed by atoms with Gasteiger partial charge in [0.1, 0.15) is 5.75 Å². The van der Waals surface area contributed by atoms with E-state index >= 15 is 0 Å². The molecule has 3 aromatic carbocycles. The van der Waals surface area contributed by atoms with E-state index in [1.807, 2.05) is 61.5 Å². The van der Waals surface area contributed by atoms with Gasteiger partial charge < -0.3 is 14.0 Å². The zero-order valence-corrected chi connectivity index (χ0v) is 18.6. The molecule has 0 bridgehead atoms. The molecule has 0 spiro atoms. The van der Waals surface area contributed by atoms with Gasteiger partial charge in [-0.15, -0.1) is 0 Å². The number of aromatic nitrogens is 1. The highest BCUT2D eigenvalue weighted by atomic mass is 16.6. The third kappa shape index (κ3) is 3.74. The molecule has 0 saturated carbocycles. The molecule has 2 heterocycles. The van der Waals surface area contributed by atoms with Crippen LogP contribution in [0.5, 0.6) is 5.75 Å². The molecular formula is C27H24N2O4. The molecule has 0 unspecified atom stereocenters. The molecule has 1 aliphatic heterocycles. The second-order valence-corrected chi connectivity index (χ2v) is 7.88. The monoisotopic (exact) mass is 440 g/mol. The van der Waals surface area contributed by atoms with Gasteiger partial charge in [-0.05, 0) is 61.4 Å². The number of para-hydroxylation sites is 1. The van der Waals surface area contributed by atoms with Crippen molar-refractivity contribution < 1.29 is 19.1 Å². The van der Waals surface area contributed by atoms with Crippen LogP contribution in [-0.2, 0) is 22.6 Å². The predicted molar refractivity (Wildman–Crippen MR) is 128 cm³/mol. The summed E-state index contributed by atoms with van der Waals surface area (Å²) in [4.78, 5) is 26.4. The molecule has 6 nitrogen and oxygen atoms in total. The van der Waals surface area contributed by atoms with Crippen LogP contribution in [-0.4, -0.2) is 28.1 Å². The molecule has 0 atom stereocenters. The van der Waals surface area contributed by atoms with Gasteiger partial charge >= 0.3 is 6.09 Å². The van der Waals surface area contributed by atoms with Crippen LogP contribution >= 0.6 is 0 Å². The Labute approximate surface area is 191 Å². The van der Waals surface area contributed by atoms with Crippen molar-refractivity contribution in [3.8, 4) is 5.75 Å². The summed E-state index contributed by atoms with van der Waals surface area (Å²) in [5, 5.41) is 2.26. The second-order valence-electron chi connectivity index (χ2n) is 7.88. The van der Waals surface area contributed by atoms with Crippen molar-refractivity contribution >= 4 is 39.9 Å².